The van der Waals surface area contributed by atoms with E-state index in [1.165, 1.54) is 12.1 Å². The molecule has 264 valence electrons. The minimum Gasteiger partial charge on any atom is -0.508 e. The molecule has 0 unspecified atom stereocenters. The minimum atomic E-state index is -5.09. The zero-order valence-corrected chi connectivity index (χ0v) is 27.4. The highest BCUT2D eigenvalue weighted by Gasteiger charge is 2.70. The van der Waals surface area contributed by atoms with Crippen LogP contribution in [0.3, 0.4) is 0 Å². The summed E-state index contributed by atoms with van der Waals surface area (Å²) in [6, 6.07) is 17.3. The quantitative estimate of drug-likeness (QED) is 0.214. The number of aromatic hydroxyl groups is 1. The maximum atomic E-state index is 15.2. The van der Waals surface area contributed by atoms with Crippen molar-refractivity contribution in [2.75, 3.05) is 11.4 Å². The number of fused-ring (bicyclic) bond motifs is 4. The van der Waals surface area contributed by atoms with E-state index in [4.69, 9.17) is 16.7 Å². The maximum absolute atomic E-state index is 15.2. The number of nitrogens with zero attached hydrogens (tertiary/aromatic N) is 2. The number of carbonyl (C=O) groups is 5. The molecule has 2 heterocycles. The number of ether oxygens (including phenoxy) is 1. The number of benzene rings is 3. The van der Waals surface area contributed by atoms with Gasteiger partial charge in [0.1, 0.15) is 11.5 Å². The Labute approximate surface area is 294 Å². The van der Waals surface area contributed by atoms with Crippen LogP contribution >= 0.6 is 11.6 Å². The fourth-order valence-corrected chi connectivity index (χ4v) is 8.91. The van der Waals surface area contributed by atoms with Crippen molar-refractivity contribution in [1.82, 2.24) is 4.90 Å². The van der Waals surface area contributed by atoms with Gasteiger partial charge < -0.3 is 14.9 Å². The van der Waals surface area contributed by atoms with Crippen LogP contribution < -0.4 is 9.64 Å². The number of carbonyl (C=O) groups excluding carboxylic acids is 4. The zero-order valence-electron chi connectivity index (χ0n) is 26.7. The highest BCUT2D eigenvalue weighted by atomic mass is 35.5. The van der Waals surface area contributed by atoms with Crippen molar-refractivity contribution in [1.29, 1.82) is 0 Å². The highest BCUT2D eigenvalue weighted by Crippen LogP contribution is 2.65. The van der Waals surface area contributed by atoms with Crippen molar-refractivity contribution in [2.45, 2.75) is 43.4 Å². The molecule has 2 aliphatic carbocycles. The zero-order chi connectivity index (χ0) is 36.4. The minimum absolute atomic E-state index is 0.0288. The smallest absolute Gasteiger partial charge is 0.508 e. The summed E-state index contributed by atoms with van der Waals surface area (Å²) in [5.41, 5.74) is -1.04. The van der Waals surface area contributed by atoms with Gasteiger partial charge in [0.2, 0.25) is 23.6 Å². The third kappa shape index (κ3) is 5.54. The van der Waals surface area contributed by atoms with Gasteiger partial charge in [0.15, 0.2) is 0 Å². The van der Waals surface area contributed by atoms with Crippen molar-refractivity contribution in [2.24, 2.45) is 23.7 Å². The highest BCUT2D eigenvalue weighted by molar-refractivity contribution is 6.32. The lowest BCUT2D eigenvalue weighted by Gasteiger charge is -2.50. The number of likely N-dealkylation sites (tertiary alicyclic amines) is 1. The maximum Gasteiger partial charge on any atom is 0.573 e. The molecule has 6 atom stereocenters. The van der Waals surface area contributed by atoms with Crippen LogP contribution in [0, 0.1) is 23.7 Å². The van der Waals surface area contributed by atoms with E-state index in [0.29, 0.717) is 11.1 Å². The molecule has 3 fully saturated rings. The van der Waals surface area contributed by atoms with Gasteiger partial charge >= 0.3 is 12.3 Å². The van der Waals surface area contributed by atoms with E-state index in [9.17, 15) is 37.5 Å². The molecule has 3 aromatic carbocycles. The average Bonchev–Trinajstić information content (AvgIpc) is 3.46. The molecule has 51 heavy (non-hydrogen) atoms. The topological polar surface area (TPSA) is 142 Å². The molecule has 0 spiro atoms. The van der Waals surface area contributed by atoms with E-state index in [2.05, 4.69) is 4.74 Å². The first-order valence-electron chi connectivity index (χ1n) is 16.3. The Bertz CT molecular complexity index is 2000. The van der Waals surface area contributed by atoms with Crippen LogP contribution in [0.2, 0.25) is 5.02 Å². The fourth-order valence-electron chi connectivity index (χ4n) is 8.72. The number of hydrogen-bond donors (Lipinski definition) is 2. The third-order valence-electron chi connectivity index (χ3n) is 10.6. The van der Waals surface area contributed by atoms with Crippen LogP contribution in [-0.4, -0.2) is 57.6 Å². The molecule has 7 rings (SSSR count). The number of carboxylic acids is 1. The first-order valence-corrected chi connectivity index (χ1v) is 16.7. The van der Waals surface area contributed by atoms with E-state index in [-0.39, 0.29) is 48.5 Å². The Morgan fingerprint density at radius 2 is 1.69 bits per heavy atom. The Balaban J connectivity index is 1.45. The molecule has 4 amide bonds. The van der Waals surface area contributed by atoms with Gasteiger partial charge in [-0.05, 0) is 67.1 Å². The lowest BCUT2D eigenvalue weighted by Crippen LogP contribution is -2.53. The van der Waals surface area contributed by atoms with E-state index < -0.39 is 82.5 Å². The number of phenolic OH excluding ortho intramolecular Hbond substituents is 1. The van der Waals surface area contributed by atoms with Gasteiger partial charge in [-0.15, -0.1) is 13.2 Å². The standard InChI is InChI=1S/C37H30ClF3N2O8/c38-20-8-4-9-21(16-20)43-33(48)27-18-25-23(12-13-24-30(25)34(49)42(32(24)47)15-5-10-29(45)46)31(36(27,35(43)50)19-6-2-1-3-7-19)26-17-22(11-14-28(26)44)51-37(39,40)41/h1-4,6-9,11-12,14,16-17,24-25,27,30-31,44H,5,10,13,15,18H2,(H,45,46)/t24-,25+,27-,30-,31+,36+/m0/s1. The Hall–Kier alpha value is -5.17. The molecular formula is C37H30ClF3N2O8. The normalized spacial score (nSPS) is 27.2. The van der Waals surface area contributed by atoms with Crippen molar-refractivity contribution in [3.63, 3.8) is 0 Å². The molecule has 0 bridgehead atoms. The molecule has 2 N–H and O–H groups in total. The van der Waals surface area contributed by atoms with Crippen LogP contribution in [0.25, 0.3) is 0 Å². The molecule has 2 aliphatic heterocycles. The van der Waals surface area contributed by atoms with Crippen LogP contribution in [-0.2, 0) is 29.4 Å². The summed E-state index contributed by atoms with van der Waals surface area (Å²) in [5, 5.41) is 20.8. The van der Waals surface area contributed by atoms with Crippen LogP contribution in [0.1, 0.15) is 42.7 Å². The van der Waals surface area contributed by atoms with Gasteiger partial charge in [0, 0.05) is 29.5 Å². The number of allylic oxidation sites excluding steroid dienone is 2. The molecule has 2 saturated heterocycles. The van der Waals surface area contributed by atoms with Crippen LogP contribution in [0.5, 0.6) is 11.5 Å². The molecule has 0 aromatic heterocycles. The summed E-state index contributed by atoms with van der Waals surface area (Å²) in [4.78, 5) is 70.8. The van der Waals surface area contributed by atoms with E-state index >= 15 is 4.79 Å². The molecule has 10 nitrogen and oxygen atoms in total. The van der Waals surface area contributed by atoms with Gasteiger partial charge in [0.05, 0.1) is 28.9 Å². The molecular weight excluding hydrogens is 693 g/mol. The number of rotatable bonds is 8. The summed E-state index contributed by atoms with van der Waals surface area (Å²) in [7, 11) is 0. The number of imide groups is 2. The van der Waals surface area contributed by atoms with Gasteiger partial charge in [0.25, 0.3) is 0 Å². The predicted octanol–water partition coefficient (Wildman–Crippen LogP) is 5.97. The second-order valence-corrected chi connectivity index (χ2v) is 13.6. The molecule has 4 aliphatic rings. The molecule has 0 radical (unpaired) electrons. The number of halogens is 4. The monoisotopic (exact) mass is 722 g/mol. The van der Waals surface area contributed by atoms with Crippen LogP contribution in [0.15, 0.2) is 84.4 Å². The first kappa shape index (κ1) is 34.3. The average molecular weight is 723 g/mol. The van der Waals surface area contributed by atoms with Gasteiger partial charge in [-0.3, -0.25) is 28.9 Å². The van der Waals surface area contributed by atoms with Crippen molar-refractivity contribution < 1.29 is 52.1 Å². The lowest BCUT2D eigenvalue weighted by atomic mass is 9.49. The summed E-state index contributed by atoms with van der Waals surface area (Å²) in [6.45, 7) is -0.128. The SMILES string of the molecule is O=C(O)CCCN1C(=O)[C@H]2[C@H](CC=C3[C@H]2C[C@H]2C(=O)N(c4cccc(Cl)c4)C(=O)[C@@]2(c2ccccc2)[C@H]3c2cc(OC(F)(F)F)ccc2O)C1=O. The van der Waals surface area contributed by atoms with E-state index in [0.717, 1.165) is 28.0 Å². The lowest BCUT2D eigenvalue weighted by molar-refractivity contribution is -0.274. The number of amides is 4. The third-order valence-corrected chi connectivity index (χ3v) is 10.8. The number of phenols is 1. The summed E-state index contributed by atoms with van der Waals surface area (Å²) in [5.74, 6) is -9.84. The number of aliphatic carboxylic acids is 1. The van der Waals surface area contributed by atoms with Crippen molar-refractivity contribution in [3.8, 4) is 11.5 Å². The second kappa shape index (κ2) is 12.6. The Morgan fingerprint density at radius 3 is 2.37 bits per heavy atom. The summed E-state index contributed by atoms with van der Waals surface area (Å²) < 4.78 is 44.7. The Kier molecular flexibility index (Phi) is 8.44. The first-order chi connectivity index (χ1) is 24.2. The number of anilines is 1. The molecule has 1 saturated carbocycles. The fraction of sp³-hybridized carbons (Fsp3) is 0.324. The van der Waals surface area contributed by atoms with E-state index in [1.807, 2.05) is 0 Å². The van der Waals surface area contributed by atoms with Gasteiger partial charge in [-0.2, -0.15) is 0 Å². The van der Waals surface area contributed by atoms with Crippen molar-refractivity contribution in [3.05, 3.63) is 101 Å². The Morgan fingerprint density at radius 1 is 0.941 bits per heavy atom. The second-order valence-electron chi connectivity index (χ2n) is 13.2. The van der Waals surface area contributed by atoms with E-state index in [1.54, 1.807) is 48.5 Å². The molecule has 14 heteroatoms. The number of carboxylic acid groups (broad SMARTS) is 1. The number of alkyl halides is 3. The summed E-state index contributed by atoms with van der Waals surface area (Å²) in [6.07, 6.45) is -3.69. The largest absolute Gasteiger partial charge is 0.573 e. The van der Waals surface area contributed by atoms with Gasteiger partial charge in [-0.1, -0.05) is 59.6 Å². The summed E-state index contributed by atoms with van der Waals surface area (Å²) >= 11 is 6.29. The van der Waals surface area contributed by atoms with Gasteiger partial charge in [-0.25, -0.2) is 4.90 Å². The molecule has 3 aromatic rings. The number of hydrogen-bond acceptors (Lipinski definition) is 7. The van der Waals surface area contributed by atoms with Crippen LogP contribution in [0.4, 0.5) is 18.9 Å². The van der Waals surface area contributed by atoms with Crippen molar-refractivity contribution >= 4 is 46.9 Å². The predicted molar refractivity (Wildman–Crippen MR) is 174 cm³/mol.